The summed E-state index contributed by atoms with van der Waals surface area (Å²) in [4.78, 5) is 37.6. The summed E-state index contributed by atoms with van der Waals surface area (Å²) in [5.41, 5.74) is -0.622. The molecular weight excluding hydrogens is 447 g/mol. The van der Waals surface area contributed by atoms with Crippen LogP contribution in [0.1, 0.15) is 6.92 Å². The highest BCUT2D eigenvalue weighted by Gasteiger charge is 2.67. The third-order valence-electron chi connectivity index (χ3n) is 4.56. The van der Waals surface area contributed by atoms with Gasteiger partial charge in [-0.15, -0.1) is 0 Å². The van der Waals surface area contributed by atoms with Crippen molar-refractivity contribution in [3.8, 4) is 5.75 Å². The molecule has 2 aliphatic rings. The molecule has 0 spiro atoms. The average Bonchev–Trinajstić information content (AvgIpc) is 2.69. The predicted molar refractivity (Wildman–Crippen MR) is 103 cm³/mol. The van der Waals surface area contributed by atoms with Crippen LogP contribution in [0.25, 0.3) is 0 Å². The summed E-state index contributed by atoms with van der Waals surface area (Å²) < 4.78 is 33.1. The largest absolute Gasteiger partial charge is 0.484 e. The van der Waals surface area contributed by atoms with Gasteiger partial charge < -0.3 is 14.8 Å². The lowest BCUT2D eigenvalue weighted by atomic mass is 10.0. The molecule has 2 atom stereocenters. The zero-order valence-corrected chi connectivity index (χ0v) is 17.5. The first-order valence-corrected chi connectivity index (χ1v) is 10.6. The fourth-order valence-corrected chi connectivity index (χ4v) is 5.65. The van der Waals surface area contributed by atoms with E-state index in [1.165, 1.54) is 6.92 Å². The molecule has 1 aromatic carbocycles. The number of halogens is 2. The molecular formula is C17H16Cl2N2O7S. The Hall–Kier alpha value is -2.30. The van der Waals surface area contributed by atoms with Gasteiger partial charge in [0, 0.05) is 5.57 Å². The summed E-state index contributed by atoms with van der Waals surface area (Å²) in [6, 6.07) is 6.96. The Balaban J connectivity index is 1.83. The van der Waals surface area contributed by atoms with Crippen molar-refractivity contribution in [2.75, 3.05) is 13.7 Å². The zero-order valence-electron chi connectivity index (χ0n) is 15.2. The van der Waals surface area contributed by atoms with Gasteiger partial charge >= 0.3 is 5.97 Å². The summed E-state index contributed by atoms with van der Waals surface area (Å²) >= 11 is 12.1. The Labute approximate surface area is 176 Å². The number of alkyl halides is 2. The number of ether oxygens (including phenoxy) is 2. The van der Waals surface area contributed by atoms with Crippen LogP contribution in [0.5, 0.6) is 5.75 Å². The summed E-state index contributed by atoms with van der Waals surface area (Å²) in [5.74, 6) is -2.10. The molecule has 156 valence electrons. The van der Waals surface area contributed by atoms with Gasteiger partial charge in [-0.25, -0.2) is 13.2 Å². The Kier molecular flexibility index (Phi) is 5.54. The van der Waals surface area contributed by atoms with E-state index in [-0.39, 0.29) is 11.3 Å². The first kappa shape index (κ1) is 21.4. The van der Waals surface area contributed by atoms with Gasteiger partial charge in [0.05, 0.1) is 7.11 Å². The SMILES string of the molecule is COC(=O)C1=C(C)C(Cl)(Cl)S(=O)(=O)[C@@H]2[C@H](NC(=O)COc3ccccc3)C(=O)N12. The summed E-state index contributed by atoms with van der Waals surface area (Å²) in [6.45, 7) is 0.763. The Morgan fingerprint density at radius 1 is 1.24 bits per heavy atom. The third-order valence-corrected chi connectivity index (χ3v) is 8.56. The van der Waals surface area contributed by atoms with Gasteiger partial charge in [0.1, 0.15) is 17.5 Å². The highest BCUT2D eigenvalue weighted by Crippen LogP contribution is 2.50. The number of rotatable bonds is 5. The molecule has 0 aromatic heterocycles. The quantitative estimate of drug-likeness (QED) is 0.389. The summed E-state index contributed by atoms with van der Waals surface area (Å²) in [6.07, 6.45) is 0. The van der Waals surface area contributed by atoms with Gasteiger partial charge in [0.15, 0.2) is 12.0 Å². The van der Waals surface area contributed by atoms with Gasteiger partial charge in [0.2, 0.25) is 13.5 Å². The Bertz CT molecular complexity index is 1010. The molecule has 0 unspecified atom stereocenters. The molecule has 1 aromatic rings. The van der Waals surface area contributed by atoms with Gasteiger partial charge in [-0.2, -0.15) is 0 Å². The summed E-state index contributed by atoms with van der Waals surface area (Å²) in [5, 5.41) is 0.645. The maximum Gasteiger partial charge on any atom is 0.354 e. The number of esters is 1. The lowest BCUT2D eigenvalue weighted by Gasteiger charge is -2.51. The molecule has 0 saturated carbocycles. The van der Waals surface area contributed by atoms with Crippen LogP contribution >= 0.6 is 23.2 Å². The van der Waals surface area contributed by atoms with E-state index in [9.17, 15) is 22.8 Å². The number of carbonyl (C=O) groups is 3. The second-order valence-electron chi connectivity index (χ2n) is 6.27. The van der Waals surface area contributed by atoms with Crippen molar-refractivity contribution in [2.24, 2.45) is 0 Å². The van der Waals surface area contributed by atoms with Crippen LogP contribution in [0.15, 0.2) is 41.6 Å². The van der Waals surface area contributed by atoms with Gasteiger partial charge in [-0.3, -0.25) is 14.5 Å². The van der Waals surface area contributed by atoms with Crippen molar-refractivity contribution in [2.45, 2.75) is 22.0 Å². The van der Waals surface area contributed by atoms with Crippen LogP contribution in [0.3, 0.4) is 0 Å². The maximum atomic E-state index is 12.9. The van der Waals surface area contributed by atoms with Crippen LogP contribution in [0.4, 0.5) is 0 Å². The number of hydrogen-bond donors (Lipinski definition) is 1. The van der Waals surface area contributed by atoms with Crippen molar-refractivity contribution >= 4 is 50.8 Å². The molecule has 2 aliphatic heterocycles. The molecule has 2 heterocycles. The number of methoxy groups -OCH3 is 1. The highest BCUT2D eigenvalue weighted by atomic mass is 35.5. The van der Waals surface area contributed by atoms with Gasteiger partial charge in [-0.1, -0.05) is 41.4 Å². The topological polar surface area (TPSA) is 119 Å². The third kappa shape index (κ3) is 3.34. The minimum Gasteiger partial charge on any atom is -0.484 e. The van der Waals surface area contributed by atoms with Crippen LogP contribution in [-0.2, 0) is 29.0 Å². The summed E-state index contributed by atoms with van der Waals surface area (Å²) in [7, 11) is -3.34. The van der Waals surface area contributed by atoms with Crippen LogP contribution in [0.2, 0.25) is 0 Å². The van der Waals surface area contributed by atoms with Crippen molar-refractivity contribution in [3.05, 3.63) is 41.6 Å². The van der Waals surface area contributed by atoms with E-state index in [0.29, 0.717) is 5.75 Å². The lowest BCUT2D eigenvalue weighted by molar-refractivity contribution is -0.152. The van der Waals surface area contributed by atoms with Gasteiger partial charge in [0.25, 0.3) is 11.8 Å². The number of sulfone groups is 1. The number of benzene rings is 1. The molecule has 0 bridgehead atoms. The molecule has 3 rings (SSSR count). The molecule has 2 amide bonds. The van der Waals surface area contributed by atoms with Gasteiger partial charge in [-0.05, 0) is 19.1 Å². The Morgan fingerprint density at radius 2 is 1.86 bits per heavy atom. The second kappa shape index (κ2) is 7.51. The zero-order chi connectivity index (χ0) is 21.6. The van der Waals surface area contributed by atoms with E-state index in [1.54, 1.807) is 30.3 Å². The van der Waals surface area contributed by atoms with E-state index in [1.807, 2.05) is 0 Å². The minimum absolute atomic E-state index is 0.255. The van der Waals surface area contributed by atoms with E-state index in [2.05, 4.69) is 10.1 Å². The van der Waals surface area contributed by atoms with E-state index in [0.717, 1.165) is 12.0 Å². The maximum absolute atomic E-state index is 12.9. The molecule has 0 aliphatic carbocycles. The molecule has 1 fully saturated rings. The molecule has 12 heteroatoms. The average molecular weight is 463 g/mol. The molecule has 0 radical (unpaired) electrons. The van der Waals surface area contributed by atoms with Crippen molar-refractivity contribution in [1.82, 2.24) is 10.2 Å². The number of nitrogens with zero attached hydrogens (tertiary/aromatic N) is 1. The lowest BCUT2D eigenvalue weighted by Crippen LogP contribution is -2.76. The number of para-hydroxylation sites is 1. The predicted octanol–water partition coefficient (Wildman–Crippen LogP) is 0.725. The minimum atomic E-state index is -4.41. The van der Waals surface area contributed by atoms with E-state index < -0.39 is 49.3 Å². The molecule has 1 saturated heterocycles. The first-order chi connectivity index (χ1) is 13.5. The molecule has 29 heavy (non-hydrogen) atoms. The fourth-order valence-electron chi connectivity index (χ4n) is 3.06. The number of nitrogens with one attached hydrogen (secondary N) is 1. The number of amides is 2. The van der Waals surface area contributed by atoms with E-state index >= 15 is 0 Å². The molecule has 9 nitrogen and oxygen atoms in total. The number of β-lactam (4-membered cyclic amide) rings is 1. The van der Waals surface area contributed by atoms with Crippen molar-refractivity contribution < 1.29 is 32.3 Å². The smallest absolute Gasteiger partial charge is 0.354 e. The number of carbonyl (C=O) groups excluding carboxylic acids is 3. The van der Waals surface area contributed by atoms with Crippen LogP contribution in [0, 0.1) is 0 Å². The van der Waals surface area contributed by atoms with Crippen LogP contribution in [-0.4, -0.2) is 59.9 Å². The normalized spacial score (nSPS) is 24.3. The fraction of sp³-hybridized carbons (Fsp3) is 0.353. The standard InChI is InChI=1S/C17H16Cl2N2O7S/c1-9-13(16(24)27-2)21-14(23)12(15(21)29(25,26)17(9,18)19)20-11(22)8-28-10-6-4-3-5-7-10/h3-7,12,15H,8H2,1-2H3,(H,20,22)/t12-,15-/m1/s1. The first-order valence-electron chi connectivity index (χ1n) is 8.25. The van der Waals surface area contributed by atoms with Crippen molar-refractivity contribution in [3.63, 3.8) is 0 Å². The monoisotopic (exact) mass is 462 g/mol. The second-order valence-corrected chi connectivity index (χ2v) is 10.2. The highest BCUT2D eigenvalue weighted by molar-refractivity contribution is 7.96. The number of hydrogen-bond acceptors (Lipinski definition) is 7. The Morgan fingerprint density at radius 3 is 2.45 bits per heavy atom. The van der Waals surface area contributed by atoms with Crippen LogP contribution < -0.4 is 10.1 Å². The number of fused-ring (bicyclic) bond motifs is 1. The molecule has 1 N–H and O–H groups in total. The van der Waals surface area contributed by atoms with Crippen molar-refractivity contribution in [1.29, 1.82) is 0 Å². The van der Waals surface area contributed by atoms with E-state index in [4.69, 9.17) is 27.9 Å².